The fraction of sp³-hybridized carbons (Fsp3) is 0.455. The van der Waals surface area contributed by atoms with Gasteiger partial charge in [0.05, 0.1) is 24.1 Å². The Morgan fingerprint density at radius 3 is 2.69 bits per heavy atom. The number of hydrogen-bond acceptors (Lipinski definition) is 7. The SMILES string of the molecule is CC(C)C1=NCC2=C1c1nc(Nc3ccc(N4CCNCC4)cn3)ncc1CC2. The number of pyridine rings is 1. The van der Waals surface area contributed by atoms with Crippen molar-refractivity contribution in [3.05, 3.63) is 41.4 Å². The van der Waals surface area contributed by atoms with Crippen LogP contribution in [0.25, 0.3) is 5.57 Å². The van der Waals surface area contributed by atoms with Crippen molar-refractivity contribution in [2.24, 2.45) is 10.9 Å². The molecule has 2 aromatic heterocycles. The third-order valence-corrected chi connectivity index (χ3v) is 5.86. The van der Waals surface area contributed by atoms with Crippen LogP contribution in [0.5, 0.6) is 0 Å². The maximum absolute atomic E-state index is 4.88. The monoisotopic (exact) mass is 389 g/mol. The minimum absolute atomic E-state index is 0.402. The van der Waals surface area contributed by atoms with Gasteiger partial charge in [-0.2, -0.15) is 0 Å². The highest BCUT2D eigenvalue weighted by Gasteiger charge is 2.29. The van der Waals surface area contributed by atoms with Gasteiger partial charge in [-0.05, 0) is 42.0 Å². The molecule has 0 radical (unpaired) electrons. The van der Waals surface area contributed by atoms with Crippen molar-refractivity contribution in [2.45, 2.75) is 26.7 Å². The summed E-state index contributed by atoms with van der Waals surface area (Å²) in [6, 6.07) is 4.11. The quantitative estimate of drug-likeness (QED) is 0.837. The zero-order chi connectivity index (χ0) is 19.8. The topological polar surface area (TPSA) is 78.3 Å². The molecule has 0 atom stereocenters. The van der Waals surface area contributed by atoms with Gasteiger partial charge in [-0.3, -0.25) is 4.99 Å². The van der Waals surface area contributed by atoms with E-state index in [0.29, 0.717) is 11.9 Å². The van der Waals surface area contributed by atoms with E-state index in [1.54, 1.807) is 0 Å². The van der Waals surface area contributed by atoms with Gasteiger partial charge in [0, 0.05) is 43.7 Å². The number of anilines is 3. The number of allylic oxidation sites excluding steroid dienone is 1. The Morgan fingerprint density at radius 1 is 1.07 bits per heavy atom. The minimum Gasteiger partial charge on any atom is -0.368 e. The first-order chi connectivity index (χ1) is 14.2. The molecule has 7 nitrogen and oxygen atoms in total. The van der Waals surface area contributed by atoms with Gasteiger partial charge in [0.25, 0.3) is 0 Å². The molecule has 0 bridgehead atoms. The molecule has 2 N–H and O–H groups in total. The molecule has 0 amide bonds. The Morgan fingerprint density at radius 2 is 1.93 bits per heavy atom. The number of aliphatic imine (C=N–C) groups is 1. The van der Waals surface area contributed by atoms with Crippen LogP contribution in [0.15, 0.2) is 35.1 Å². The van der Waals surface area contributed by atoms with Crippen molar-refractivity contribution in [1.29, 1.82) is 0 Å². The molecule has 5 rings (SSSR count). The third-order valence-electron chi connectivity index (χ3n) is 5.86. The first-order valence-electron chi connectivity index (χ1n) is 10.5. The number of aryl methyl sites for hydroxylation is 1. The third kappa shape index (κ3) is 3.51. The zero-order valence-electron chi connectivity index (χ0n) is 17.1. The maximum atomic E-state index is 4.88. The predicted octanol–water partition coefficient (Wildman–Crippen LogP) is 2.84. The van der Waals surface area contributed by atoms with Crippen LogP contribution in [-0.4, -0.2) is 53.4 Å². The minimum atomic E-state index is 0.402. The first-order valence-corrected chi connectivity index (χ1v) is 10.5. The van der Waals surface area contributed by atoms with E-state index in [1.165, 1.54) is 22.4 Å². The van der Waals surface area contributed by atoms with Crippen LogP contribution in [0.1, 0.15) is 31.5 Å². The van der Waals surface area contributed by atoms with E-state index in [9.17, 15) is 0 Å². The van der Waals surface area contributed by atoms with Crippen molar-refractivity contribution in [1.82, 2.24) is 20.3 Å². The van der Waals surface area contributed by atoms with Gasteiger partial charge in [-0.15, -0.1) is 0 Å². The average molecular weight is 390 g/mol. The number of rotatable bonds is 4. The fourth-order valence-corrected chi connectivity index (χ4v) is 4.32. The van der Waals surface area contributed by atoms with Gasteiger partial charge in [0.1, 0.15) is 5.82 Å². The lowest BCUT2D eigenvalue weighted by Crippen LogP contribution is -2.43. The highest BCUT2D eigenvalue weighted by atomic mass is 15.2. The second-order valence-corrected chi connectivity index (χ2v) is 8.17. The van der Waals surface area contributed by atoms with Crippen LogP contribution >= 0.6 is 0 Å². The summed E-state index contributed by atoms with van der Waals surface area (Å²) in [5.41, 5.74) is 7.28. The summed E-state index contributed by atoms with van der Waals surface area (Å²) in [7, 11) is 0. The van der Waals surface area contributed by atoms with E-state index in [4.69, 9.17) is 9.98 Å². The summed E-state index contributed by atoms with van der Waals surface area (Å²) >= 11 is 0. The molecule has 1 saturated heterocycles. The molecular formula is C22H27N7. The molecule has 0 saturated carbocycles. The van der Waals surface area contributed by atoms with Crippen LogP contribution < -0.4 is 15.5 Å². The van der Waals surface area contributed by atoms with Crippen LogP contribution in [0, 0.1) is 5.92 Å². The molecule has 150 valence electrons. The van der Waals surface area contributed by atoms with Gasteiger partial charge in [-0.1, -0.05) is 13.8 Å². The molecule has 29 heavy (non-hydrogen) atoms. The number of hydrogen-bond donors (Lipinski definition) is 2. The smallest absolute Gasteiger partial charge is 0.228 e. The molecule has 0 unspecified atom stereocenters. The molecular weight excluding hydrogens is 362 g/mol. The van der Waals surface area contributed by atoms with E-state index >= 15 is 0 Å². The number of piperazine rings is 1. The van der Waals surface area contributed by atoms with Gasteiger partial charge >= 0.3 is 0 Å². The lowest BCUT2D eigenvalue weighted by atomic mass is 9.86. The van der Waals surface area contributed by atoms with E-state index in [0.717, 1.165) is 62.8 Å². The maximum Gasteiger partial charge on any atom is 0.228 e. The second kappa shape index (κ2) is 7.55. The van der Waals surface area contributed by atoms with Crippen molar-refractivity contribution < 1.29 is 0 Å². The second-order valence-electron chi connectivity index (χ2n) is 8.17. The Hall–Kier alpha value is -2.80. The fourth-order valence-electron chi connectivity index (χ4n) is 4.32. The Labute approximate surface area is 171 Å². The Balaban J connectivity index is 1.38. The molecule has 0 spiro atoms. The summed E-state index contributed by atoms with van der Waals surface area (Å²) < 4.78 is 0. The summed E-state index contributed by atoms with van der Waals surface area (Å²) in [5, 5.41) is 6.66. The zero-order valence-corrected chi connectivity index (χ0v) is 17.1. The van der Waals surface area contributed by atoms with Gasteiger partial charge in [-0.25, -0.2) is 15.0 Å². The molecule has 4 heterocycles. The highest BCUT2D eigenvalue weighted by molar-refractivity contribution is 6.27. The summed E-state index contributed by atoms with van der Waals surface area (Å²) in [5.74, 6) is 1.76. The summed E-state index contributed by atoms with van der Waals surface area (Å²) in [6.45, 7) is 9.29. The average Bonchev–Trinajstić information content (AvgIpc) is 3.20. The molecule has 0 aromatic carbocycles. The molecule has 2 aliphatic heterocycles. The largest absolute Gasteiger partial charge is 0.368 e. The van der Waals surface area contributed by atoms with Gasteiger partial charge in [0.15, 0.2) is 0 Å². The van der Waals surface area contributed by atoms with Crippen molar-refractivity contribution in [3.63, 3.8) is 0 Å². The van der Waals surface area contributed by atoms with Crippen LogP contribution in [0.4, 0.5) is 17.5 Å². The van der Waals surface area contributed by atoms with Gasteiger partial charge < -0.3 is 15.5 Å². The number of nitrogens with zero attached hydrogens (tertiary/aromatic N) is 5. The van der Waals surface area contributed by atoms with Crippen molar-refractivity contribution in [3.8, 4) is 0 Å². The lowest BCUT2D eigenvalue weighted by molar-refractivity contribution is 0.589. The van der Waals surface area contributed by atoms with Crippen molar-refractivity contribution >= 4 is 28.7 Å². The summed E-state index contributed by atoms with van der Waals surface area (Å²) in [4.78, 5) is 21.1. The normalized spacial score (nSPS) is 18.6. The molecule has 1 fully saturated rings. The first kappa shape index (κ1) is 18.2. The van der Waals surface area contributed by atoms with Gasteiger partial charge in [0.2, 0.25) is 5.95 Å². The molecule has 7 heteroatoms. The Bertz CT molecular complexity index is 969. The van der Waals surface area contributed by atoms with E-state index in [1.807, 2.05) is 18.5 Å². The summed E-state index contributed by atoms with van der Waals surface area (Å²) in [6.07, 6.45) is 5.94. The van der Waals surface area contributed by atoms with Crippen LogP contribution in [-0.2, 0) is 6.42 Å². The lowest BCUT2D eigenvalue weighted by Gasteiger charge is -2.29. The highest BCUT2D eigenvalue weighted by Crippen LogP contribution is 2.37. The molecule has 1 aliphatic carbocycles. The standard InChI is InChI=1S/C22H27N7/c1-14(2)20-19-15(11-25-20)3-4-16-12-26-22(28-21(16)19)27-18-6-5-17(13-24-18)29-9-7-23-8-10-29/h5-6,12-14,23H,3-4,7-11H2,1-2H3,(H,24,26,27,28). The number of aromatic nitrogens is 3. The number of nitrogens with one attached hydrogen (secondary N) is 2. The predicted molar refractivity (Wildman–Crippen MR) is 117 cm³/mol. The molecule has 3 aliphatic rings. The van der Waals surface area contributed by atoms with E-state index in [2.05, 4.69) is 45.4 Å². The van der Waals surface area contributed by atoms with Crippen molar-refractivity contribution in [2.75, 3.05) is 42.9 Å². The van der Waals surface area contributed by atoms with E-state index in [-0.39, 0.29) is 0 Å². The van der Waals surface area contributed by atoms with E-state index < -0.39 is 0 Å². The molecule has 2 aromatic rings. The number of fused-ring (bicyclic) bond motifs is 2. The van der Waals surface area contributed by atoms with Crippen LogP contribution in [0.3, 0.4) is 0 Å². The van der Waals surface area contributed by atoms with Crippen LogP contribution in [0.2, 0.25) is 0 Å². The Kier molecular flexibility index (Phi) is 4.75.